The van der Waals surface area contributed by atoms with Crippen molar-refractivity contribution in [2.24, 2.45) is 0 Å². The second kappa shape index (κ2) is 2.56. The molecule has 0 N–H and O–H groups in total. The van der Waals surface area contributed by atoms with Crippen molar-refractivity contribution in [2.45, 2.75) is 0 Å². The number of halogens is 3. The van der Waals surface area contributed by atoms with Crippen molar-refractivity contribution >= 4 is 0 Å². The summed E-state index contributed by atoms with van der Waals surface area (Å²) in [6.45, 7) is 0. The van der Waals surface area contributed by atoms with Gasteiger partial charge in [-0.15, -0.1) is 0 Å². The van der Waals surface area contributed by atoms with Crippen LogP contribution in [0.4, 0.5) is 13.3 Å². The molecular formula is C2HF3O. The van der Waals surface area contributed by atoms with Crippen LogP contribution in [0.3, 0.4) is 0 Å². The summed E-state index contributed by atoms with van der Waals surface area (Å²) in [6.07, 6.45) is -2.47. The first kappa shape index (κ1) is 5.33. The molecule has 0 aliphatic heterocycles. The van der Waals surface area contributed by atoms with Gasteiger partial charge in [0.2, 0.25) is 6.26 Å². The van der Waals surface area contributed by atoms with E-state index in [0.29, 0.717) is 0 Å². The third-order valence-electron chi connectivity index (χ3n) is 0.134. The van der Waals surface area contributed by atoms with E-state index in [-0.39, 0.29) is 6.26 Å². The highest BCUT2D eigenvalue weighted by Crippen LogP contribution is 1.95. The third kappa shape index (κ3) is 3.33. The Kier molecular flexibility index (Phi) is 2.27. The Morgan fingerprint density at radius 1 is 1.50 bits per heavy atom. The van der Waals surface area contributed by atoms with Gasteiger partial charge >= 0.3 is 6.08 Å². The molecule has 36 valence electrons. The lowest BCUT2D eigenvalue weighted by Crippen LogP contribution is -1.56. The summed E-state index contributed by atoms with van der Waals surface area (Å²) in [5, 5.41) is 0. The molecule has 0 unspecified atom stereocenters. The Morgan fingerprint density at radius 3 is 2.00 bits per heavy atom. The van der Waals surface area contributed by atoms with E-state index in [0.717, 1.165) is 0 Å². The molecule has 0 bridgehead atoms. The zero-order valence-corrected chi connectivity index (χ0v) is 2.62. The van der Waals surface area contributed by atoms with Gasteiger partial charge in [-0.25, -0.2) is 0 Å². The topological polar surface area (TPSA) is 9.23 Å². The lowest BCUT2D eigenvalue weighted by atomic mass is 11.1. The van der Waals surface area contributed by atoms with Gasteiger partial charge < -0.3 is 0 Å². The van der Waals surface area contributed by atoms with Gasteiger partial charge in [-0.3, -0.25) is 4.94 Å². The molecule has 1 nitrogen and oxygen atoms in total. The van der Waals surface area contributed by atoms with E-state index in [1.54, 1.807) is 0 Å². The number of hydrogen-bond acceptors (Lipinski definition) is 1. The predicted octanol–water partition coefficient (Wildman–Crippen LogP) is 1.63. The van der Waals surface area contributed by atoms with Crippen LogP contribution >= 0.6 is 0 Å². The Bertz CT molecular complexity index is 55.8. The van der Waals surface area contributed by atoms with Crippen LogP contribution in [0.5, 0.6) is 0 Å². The molecule has 0 aromatic carbocycles. The number of rotatable bonds is 1. The van der Waals surface area contributed by atoms with Crippen LogP contribution < -0.4 is 0 Å². The van der Waals surface area contributed by atoms with Gasteiger partial charge in [0.15, 0.2) is 0 Å². The van der Waals surface area contributed by atoms with E-state index in [1.165, 1.54) is 0 Å². The first-order chi connectivity index (χ1) is 2.77. The lowest BCUT2D eigenvalue weighted by molar-refractivity contribution is -0.0671. The lowest BCUT2D eigenvalue weighted by Gasteiger charge is -1.71. The van der Waals surface area contributed by atoms with Crippen molar-refractivity contribution in [3.8, 4) is 0 Å². The van der Waals surface area contributed by atoms with Crippen LogP contribution in [0.2, 0.25) is 0 Å². The fourth-order valence-electron chi connectivity index (χ4n) is 0.0337. The Labute approximate surface area is 31.9 Å². The van der Waals surface area contributed by atoms with Gasteiger partial charge in [-0.2, -0.15) is 8.78 Å². The van der Waals surface area contributed by atoms with E-state index >= 15 is 0 Å². The van der Waals surface area contributed by atoms with Crippen molar-refractivity contribution in [1.29, 1.82) is 0 Å². The molecule has 0 saturated carbocycles. The maximum atomic E-state index is 10.5. The van der Waals surface area contributed by atoms with E-state index in [2.05, 4.69) is 4.94 Å². The Hall–Kier alpha value is -0.670. The summed E-state index contributed by atoms with van der Waals surface area (Å²) in [6, 6.07) is 0. The minimum atomic E-state index is -2.18. The van der Waals surface area contributed by atoms with Crippen LogP contribution in [-0.4, -0.2) is 0 Å². The molecule has 0 atom stereocenters. The highest BCUT2D eigenvalue weighted by atomic mass is 19.3. The van der Waals surface area contributed by atoms with E-state index in [9.17, 15) is 13.3 Å². The molecule has 0 saturated heterocycles. The fourth-order valence-corrected chi connectivity index (χ4v) is 0.0337. The molecule has 0 aromatic rings. The average Bonchev–Trinajstić information content (AvgIpc) is 1.35. The van der Waals surface area contributed by atoms with Crippen LogP contribution in [-0.2, 0) is 4.94 Å². The van der Waals surface area contributed by atoms with Gasteiger partial charge in [0.25, 0.3) is 0 Å². The second-order valence-corrected chi connectivity index (χ2v) is 0.497. The molecule has 0 aromatic heterocycles. The molecule has 0 rings (SSSR count). The summed E-state index contributed by atoms with van der Waals surface area (Å²) < 4.78 is 31.2. The summed E-state index contributed by atoms with van der Waals surface area (Å²) in [4.78, 5) is 2.39. The van der Waals surface area contributed by atoms with Crippen LogP contribution in [0.25, 0.3) is 0 Å². The summed E-state index contributed by atoms with van der Waals surface area (Å²) in [5.41, 5.74) is 0. The van der Waals surface area contributed by atoms with E-state index in [1.807, 2.05) is 0 Å². The van der Waals surface area contributed by atoms with E-state index < -0.39 is 6.08 Å². The smallest absolute Gasteiger partial charge is 0.297 e. The minimum absolute atomic E-state index is 0.292. The zero-order chi connectivity index (χ0) is 4.99. The SMILES string of the molecule is FOC=C(F)F. The van der Waals surface area contributed by atoms with Crippen molar-refractivity contribution in [3.05, 3.63) is 12.3 Å². The van der Waals surface area contributed by atoms with Gasteiger partial charge in [0, 0.05) is 4.53 Å². The second-order valence-electron chi connectivity index (χ2n) is 0.497. The molecule has 0 heterocycles. The predicted molar refractivity (Wildman–Crippen MR) is 12.5 cm³/mol. The monoisotopic (exact) mass is 98.0 g/mol. The Balaban J connectivity index is 3.14. The highest BCUT2D eigenvalue weighted by molar-refractivity contribution is 4.67. The van der Waals surface area contributed by atoms with Crippen molar-refractivity contribution in [2.75, 3.05) is 0 Å². The van der Waals surface area contributed by atoms with Gasteiger partial charge in [0.1, 0.15) is 0 Å². The normalized spacial score (nSPS) is 7.17. The molecule has 4 heteroatoms. The van der Waals surface area contributed by atoms with Crippen LogP contribution in [0.15, 0.2) is 12.3 Å². The zero-order valence-electron chi connectivity index (χ0n) is 2.62. The largest absolute Gasteiger partial charge is 0.308 e. The van der Waals surface area contributed by atoms with Crippen molar-refractivity contribution in [1.82, 2.24) is 0 Å². The highest BCUT2D eigenvalue weighted by Gasteiger charge is 1.82. The number of hydrogen-bond donors (Lipinski definition) is 0. The molecule has 0 fully saturated rings. The van der Waals surface area contributed by atoms with Crippen LogP contribution in [0.1, 0.15) is 0 Å². The molecule has 0 amide bonds. The third-order valence-corrected chi connectivity index (χ3v) is 0.134. The summed E-state index contributed by atoms with van der Waals surface area (Å²) >= 11 is 0. The average molecular weight is 98.0 g/mol. The quantitative estimate of drug-likeness (QED) is 0.453. The summed E-state index contributed by atoms with van der Waals surface area (Å²) in [5.74, 6) is 0. The molecule has 0 aliphatic carbocycles. The molecular weight excluding hydrogens is 97.0 g/mol. The first-order valence-corrected chi connectivity index (χ1v) is 1.06. The molecule has 0 spiro atoms. The van der Waals surface area contributed by atoms with E-state index in [4.69, 9.17) is 0 Å². The maximum absolute atomic E-state index is 10.5. The molecule has 0 aliphatic rings. The van der Waals surface area contributed by atoms with Gasteiger partial charge in [-0.1, -0.05) is 0 Å². The van der Waals surface area contributed by atoms with Gasteiger partial charge in [0.05, 0.1) is 0 Å². The molecule has 0 radical (unpaired) electrons. The standard InChI is InChI=1S/C2HF3O/c3-2(4)1-6-5/h1H. The van der Waals surface area contributed by atoms with Gasteiger partial charge in [-0.05, 0) is 0 Å². The minimum Gasteiger partial charge on any atom is -0.297 e. The Morgan fingerprint density at radius 2 is 2.00 bits per heavy atom. The molecule has 6 heavy (non-hydrogen) atoms. The maximum Gasteiger partial charge on any atom is 0.308 e. The summed E-state index contributed by atoms with van der Waals surface area (Å²) in [7, 11) is 0. The van der Waals surface area contributed by atoms with Crippen LogP contribution in [0, 0.1) is 0 Å². The fraction of sp³-hybridized carbons (Fsp3) is 0. The first-order valence-electron chi connectivity index (χ1n) is 1.06. The van der Waals surface area contributed by atoms with Crippen molar-refractivity contribution in [3.63, 3.8) is 0 Å². The van der Waals surface area contributed by atoms with Crippen molar-refractivity contribution < 1.29 is 18.2 Å².